The first-order valence-electron chi connectivity index (χ1n) is 6.74. The van der Waals surface area contributed by atoms with Crippen molar-refractivity contribution < 1.29 is 0 Å². The molecule has 15 heavy (non-hydrogen) atoms. The molecule has 4 aliphatic rings. The number of hydrogen-bond donors (Lipinski definition) is 1. The number of rotatable bonds is 2. The summed E-state index contributed by atoms with van der Waals surface area (Å²) in [4.78, 5) is 0. The van der Waals surface area contributed by atoms with Gasteiger partial charge >= 0.3 is 0 Å². The van der Waals surface area contributed by atoms with Gasteiger partial charge < -0.3 is 5.73 Å². The van der Waals surface area contributed by atoms with E-state index >= 15 is 0 Å². The lowest BCUT2D eigenvalue weighted by atomic mass is 9.36. The molecule has 0 radical (unpaired) electrons. The van der Waals surface area contributed by atoms with Crippen molar-refractivity contribution in [1.29, 1.82) is 0 Å². The van der Waals surface area contributed by atoms with Crippen LogP contribution in [0.1, 0.15) is 32.6 Å². The Morgan fingerprint density at radius 2 is 1.87 bits per heavy atom. The third-order valence-corrected chi connectivity index (χ3v) is 6.09. The molecule has 0 aromatic carbocycles. The highest BCUT2D eigenvalue weighted by atomic mass is 14.7. The molecule has 0 amide bonds. The highest BCUT2D eigenvalue weighted by Gasteiger charge is 2.64. The molecule has 0 bridgehead atoms. The average molecular weight is 203 g/mol. The highest BCUT2D eigenvalue weighted by Crippen LogP contribution is 2.71. The Morgan fingerprint density at radius 3 is 2.33 bits per heavy atom. The molecule has 0 heterocycles. The molecule has 0 spiro atoms. The van der Waals surface area contributed by atoms with Crippen LogP contribution in [-0.2, 0) is 0 Å². The van der Waals surface area contributed by atoms with Gasteiger partial charge in [0.15, 0.2) is 0 Å². The molecule has 1 heteroatoms. The number of hydrogen-bond acceptors (Lipinski definition) is 1. The van der Waals surface area contributed by atoms with Crippen LogP contribution in [0.25, 0.3) is 0 Å². The van der Waals surface area contributed by atoms with Crippen LogP contribution in [0.4, 0.5) is 0 Å². The minimum absolute atomic E-state index is 0.877. The van der Waals surface area contributed by atoms with Gasteiger partial charge in [-0.25, -0.2) is 0 Å². The maximum atomic E-state index is 5.98. The first-order valence-corrected chi connectivity index (χ1v) is 6.74. The minimum atomic E-state index is 0.877. The standard InChI is InChI=1S/C14H21N/c1-7-2-3-8(7)12-11(6-15)13-9-4-5-10(9)14(12)13/h7-8,11-14H,2-6,15H2,1H3. The molecule has 82 valence electrons. The number of nitrogens with two attached hydrogens (primary N) is 1. The van der Waals surface area contributed by atoms with Gasteiger partial charge in [0.1, 0.15) is 0 Å². The summed E-state index contributed by atoms with van der Waals surface area (Å²) in [5.74, 6) is 5.90. The van der Waals surface area contributed by atoms with E-state index < -0.39 is 0 Å². The van der Waals surface area contributed by atoms with Gasteiger partial charge in [0.05, 0.1) is 0 Å². The Kier molecular flexibility index (Phi) is 1.58. The van der Waals surface area contributed by atoms with E-state index in [-0.39, 0.29) is 0 Å². The predicted molar refractivity (Wildman–Crippen MR) is 61.2 cm³/mol. The monoisotopic (exact) mass is 203 g/mol. The molecule has 6 atom stereocenters. The zero-order valence-corrected chi connectivity index (χ0v) is 9.58. The predicted octanol–water partition coefficient (Wildman–Crippen LogP) is 2.57. The van der Waals surface area contributed by atoms with E-state index in [1.807, 2.05) is 11.1 Å². The van der Waals surface area contributed by atoms with E-state index in [1.165, 1.54) is 25.7 Å². The topological polar surface area (TPSA) is 26.0 Å². The van der Waals surface area contributed by atoms with Crippen molar-refractivity contribution in [2.45, 2.75) is 32.6 Å². The Hall–Kier alpha value is -0.300. The van der Waals surface area contributed by atoms with Gasteiger partial charge in [-0.05, 0) is 61.3 Å². The molecule has 0 saturated heterocycles. The van der Waals surface area contributed by atoms with Gasteiger partial charge in [-0.2, -0.15) is 0 Å². The second kappa shape index (κ2) is 2.68. The van der Waals surface area contributed by atoms with Crippen molar-refractivity contribution in [3.63, 3.8) is 0 Å². The van der Waals surface area contributed by atoms with E-state index in [1.54, 1.807) is 0 Å². The molecule has 1 nitrogen and oxygen atoms in total. The van der Waals surface area contributed by atoms with E-state index in [9.17, 15) is 0 Å². The van der Waals surface area contributed by atoms with Crippen LogP contribution >= 0.6 is 0 Å². The lowest BCUT2D eigenvalue weighted by Gasteiger charge is -2.68. The fourth-order valence-corrected chi connectivity index (χ4v) is 5.02. The van der Waals surface area contributed by atoms with E-state index in [4.69, 9.17) is 5.73 Å². The number of fused-ring (bicyclic) bond motifs is 3. The van der Waals surface area contributed by atoms with Gasteiger partial charge in [0.2, 0.25) is 0 Å². The van der Waals surface area contributed by atoms with Gasteiger partial charge in [0, 0.05) is 0 Å². The average Bonchev–Trinajstić information content (AvgIpc) is 2.20. The first kappa shape index (κ1) is 8.81. The summed E-state index contributed by atoms with van der Waals surface area (Å²) in [7, 11) is 0. The van der Waals surface area contributed by atoms with Crippen molar-refractivity contribution >= 4 is 0 Å². The Bertz CT molecular complexity index is 343. The van der Waals surface area contributed by atoms with Crippen molar-refractivity contribution in [2.75, 3.05) is 6.54 Å². The largest absolute Gasteiger partial charge is 0.330 e. The summed E-state index contributed by atoms with van der Waals surface area (Å²) in [6.45, 7) is 3.40. The van der Waals surface area contributed by atoms with Crippen LogP contribution in [0.5, 0.6) is 0 Å². The Balaban J connectivity index is 1.60. The molecule has 0 aromatic heterocycles. The van der Waals surface area contributed by atoms with Crippen molar-refractivity contribution in [3.8, 4) is 0 Å². The normalized spacial score (nSPS) is 55.6. The second-order valence-electron chi connectivity index (χ2n) is 6.30. The molecule has 2 saturated carbocycles. The van der Waals surface area contributed by atoms with Crippen LogP contribution in [0.3, 0.4) is 0 Å². The summed E-state index contributed by atoms with van der Waals surface area (Å²) in [6.07, 6.45) is 5.82. The highest BCUT2D eigenvalue weighted by molar-refractivity contribution is 5.46. The molecule has 0 aliphatic heterocycles. The molecule has 4 rings (SSSR count). The van der Waals surface area contributed by atoms with E-state index in [2.05, 4.69) is 6.92 Å². The van der Waals surface area contributed by atoms with Gasteiger partial charge in [0.25, 0.3) is 0 Å². The Morgan fingerprint density at radius 1 is 1.13 bits per heavy atom. The van der Waals surface area contributed by atoms with Gasteiger partial charge in [-0.1, -0.05) is 24.5 Å². The van der Waals surface area contributed by atoms with E-state index in [0.717, 1.165) is 42.1 Å². The minimum Gasteiger partial charge on any atom is -0.330 e. The summed E-state index contributed by atoms with van der Waals surface area (Å²) in [6, 6.07) is 0. The molecular formula is C14H21N. The number of allylic oxidation sites excluding steroid dienone is 2. The molecule has 4 aliphatic carbocycles. The van der Waals surface area contributed by atoms with E-state index in [0.29, 0.717) is 0 Å². The smallest absolute Gasteiger partial charge is 0.00399 e. The van der Waals surface area contributed by atoms with Crippen LogP contribution in [0, 0.1) is 35.5 Å². The van der Waals surface area contributed by atoms with Gasteiger partial charge in [-0.3, -0.25) is 0 Å². The van der Waals surface area contributed by atoms with Crippen molar-refractivity contribution in [1.82, 2.24) is 0 Å². The van der Waals surface area contributed by atoms with Crippen LogP contribution in [0.15, 0.2) is 11.1 Å². The third-order valence-electron chi connectivity index (χ3n) is 6.09. The summed E-state index contributed by atoms with van der Waals surface area (Å²) < 4.78 is 0. The van der Waals surface area contributed by atoms with Crippen LogP contribution < -0.4 is 5.73 Å². The third kappa shape index (κ3) is 0.824. The quantitative estimate of drug-likeness (QED) is 0.686. The first-order chi connectivity index (χ1) is 7.33. The SMILES string of the molecule is CC1CCC1C1C(CN)C2C3=C(CC3)C21. The lowest BCUT2D eigenvalue weighted by molar-refractivity contribution is -0.0959. The van der Waals surface area contributed by atoms with Crippen LogP contribution in [0.2, 0.25) is 0 Å². The second-order valence-corrected chi connectivity index (χ2v) is 6.30. The zero-order valence-electron chi connectivity index (χ0n) is 9.58. The fraction of sp³-hybridized carbons (Fsp3) is 0.857. The maximum absolute atomic E-state index is 5.98. The lowest BCUT2D eigenvalue weighted by Crippen LogP contribution is -2.63. The zero-order chi connectivity index (χ0) is 10.2. The Labute approximate surface area is 92.1 Å². The van der Waals surface area contributed by atoms with Crippen LogP contribution in [-0.4, -0.2) is 6.54 Å². The molecule has 2 fully saturated rings. The summed E-state index contributed by atoms with van der Waals surface area (Å²) in [5, 5.41) is 0. The summed E-state index contributed by atoms with van der Waals surface area (Å²) in [5.41, 5.74) is 9.71. The molecule has 0 aromatic rings. The fourth-order valence-electron chi connectivity index (χ4n) is 5.02. The molecule has 6 unspecified atom stereocenters. The molecule has 2 N–H and O–H groups in total. The van der Waals surface area contributed by atoms with Crippen molar-refractivity contribution in [3.05, 3.63) is 11.1 Å². The van der Waals surface area contributed by atoms with Crippen molar-refractivity contribution in [2.24, 2.45) is 41.2 Å². The summed E-state index contributed by atoms with van der Waals surface area (Å²) >= 11 is 0. The van der Waals surface area contributed by atoms with Gasteiger partial charge in [-0.15, -0.1) is 0 Å². The molecular weight excluding hydrogens is 182 g/mol. The maximum Gasteiger partial charge on any atom is -0.00399 e.